The second-order valence-electron chi connectivity index (χ2n) is 8.28. The molecule has 38 heavy (non-hydrogen) atoms. The molecule has 2 N–H and O–H groups in total. The molecule has 0 heterocycles. The number of aromatic carboxylic acids is 1. The molecule has 4 rings (SSSR count). The topological polar surface area (TPSA) is 119 Å². The lowest BCUT2D eigenvalue weighted by Gasteiger charge is -2.12. The van der Waals surface area contributed by atoms with Gasteiger partial charge in [-0.25, -0.2) is 14.5 Å². The Balaban J connectivity index is 0.00000195. The molecule has 0 atom stereocenters. The fraction of sp³-hybridized carbons (Fsp3) is 0.100. The van der Waals surface area contributed by atoms with Gasteiger partial charge in [-0.3, -0.25) is 5.26 Å². The lowest BCUT2D eigenvalue weighted by Crippen LogP contribution is -2.14. The molecule has 0 aliphatic heterocycles. The average molecular weight is 515 g/mol. The number of ether oxygens (including phenoxy) is 2. The predicted molar refractivity (Wildman–Crippen MR) is 141 cm³/mol. The number of carboxylic acid groups (broad SMARTS) is 1. The Hall–Kier alpha value is -4.79. The van der Waals surface area contributed by atoms with Crippen molar-refractivity contribution in [1.82, 2.24) is 0 Å². The van der Waals surface area contributed by atoms with Crippen molar-refractivity contribution in [3.63, 3.8) is 0 Å². The van der Waals surface area contributed by atoms with Crippen LogP contribution in [0.2, 0.25) is 0 Å². The summed E-state index contributed by atoms with van der Waals surface area (Å²) in [4.78, 5) is 36.3. The van der Waals surface area contributed by atoms with Gasteiger partial charge in [0.2, 0.25) is 0 Å². The molecule has 0 spiro atoms. The monoisotopic (exact) mass is 514 g/mol. The van der Waals surface area contributed by atoms with Gasteiger partial charge in [-0.2, -0.15) is 0 Å². The van der Waals surface area contributed by atoms with Gasteiger partial charge < -0.3 is 19.4 Å². The number of rotatable bonds is 8. The van der Waals surface area contributed by atoms with Gasteiger partial charge in [0.25, 0.3) is 0 Å². The first-order valence-corrected chi connectivity index (χ1v) is 11.4. The van der Waals surface area contributed by atoms with E-state index in [1.54, 1.807) is 25.1 Å². The van der Waals surface area contributed by atoms with Crippen LogP contribution in [0.1, 0.15) is 37.4 Å². The third kappa shape index (κ3) is 6.91. The summed E-state index contributed by atoms with van der Waals surface area (Å²) in [5, 5.41) is 18.2. The van der Waals surface area contributed by atoms with E-state index < -0.39 is 11.9 Å². The maximum atomic E-state index is 12.6. The minimum atomic E-state index is -1.19. The van der Waals surface area contributed by atoms with Crippen molar-refractivity contribution in [2.45, 2.75) is 20.5 Å². The van der Waals surface area contributed by atoms with Crippen molar-refractivity contribution in [3.05, 3.63) is 113 Å². The lowest BCUT2D eigenvalue weighted by molar-refractivity contribution is -0.253. The third-order valence-corrected chi connectivity index (χ3v) is 5.55. The predicted octanol–water partition coefficient (Wildman–Crippen LogP) is 6.48. The molecule has 4 aromatic rings. The largest absolute Gasteiger partial charge is 0.478 e. The van der Waals surface area contributed by atoms with Gasteiger partial charge >= 0.3 is 11.9 Å². The summed E-state index contributed by atoms with van der Waals surface area (Å²) in [6.45, 7) is 5.75. The molecule has 0 amide bonds. The van der Waals surface area contributed by atoms with Crippen LogP contribution in [-0.4, -0.2) is 29.1 Å². The van der Waals surface area contributed by atoms with E-state index in [0.717, 1.165) is 27.8 Å². The highest BCUT2D eigenvalue weighted by Crippen LogP contribution is 2.30. The lowest BCUT2D eigenvalue weighted by atomic mass is 10.0. The van der Waals surface area contributed by atoms with Crippen LogP contribution in [0.5, 0.6) is 17.2 Å². The standard InChI is InChI=1S/C29H24O7.CH2O/c1-18-4-14-25(28(30)31)26(15-18)29(32)36-24-12-8-21(9-13-24)20-6-10-23(11-7-20)35-27-16-19(2)3-5-22(27)17-34-33;1-2/h3-16,33H,17H2,1-2H3,(H,30,31);1H2. The van der Waals surface area contributed by atoms with Crippen LogP contribution in [-0.2, 0) is 16.3 Å². The highest BCUT2D eigenvalue weighted by Gasteiger charge is 2.18. The summed E-state index contributed by atoms with van der Waals surface area (Å²) in [6.07, 6.45) is 0. The van der Waals surface area contributed by atoms with Gasteiger partial charge in [0.1, 0.15) is 30.6 Å². The van der Waals surface area contributed by atoms with Crippen molar-refractivity contribution < 1.29 is 39.1 Å². The molecule has 0 unspecified atom stereocenters. The number of benzene rings is 4. The molecular formula is C30H26O8. The van der Waals surface area contributed by atoms with Gasteiger partial charge in [-0.05, 0) is 73.0 Å². The molecule has 0 saturated heterocycles. The molecule has 8 heteroatoms. The van der Waals surface area contributed by atoms with Gasteiger partial charge in [0.05, 0.1) is 11.1 Å². The van der Waals surface area contributed by atoms with Gasteiger partial charge in [0.15, 0.2) is 0 Å². The van der Waals surface area contributed by atoms with Crippen molar-refractivity contribution in [2.24, 2.45) is 0 Å². The van der Waals surface area contributed by atoms with E-state index in [-0.39, 0.29) is 17.7 Å². The van der Waals surface area contributed by atoms with Crippen molar-refractivity contribution in [1.29, 1.82) is 0 Å². The van der Waals surface area contributed by atoms with Gasteiger partial charge in [-0.1, -0.05) is 48.0 Å². The minimum Gasteiger partial charge on any atom is -0.478 e. The van der Waals surface area contributed by atoms with E-state index in [1.807, 2.05) is 68.3 Å². The number of carbonyl (C=O) groups is 3. The first-order chi connectivity index (χ1) is 18.3. The number of carbonyl (C=O) groups excluding carboxylic acids is 2. The molecule has 0 saturated carbocycles. The number of aryl methyl sites for hydroxylation is 2. The maximum absolute atomic E-state index is 12.6. The minimum absolute atomic E-state index is 0.00415. The molecule has 0 aliphatic carbocycles. The highest BCUT2D eigenvalue weighted by molar-refractivity contribution is 6.03. The molecule has 0 bridgehead atoms. The first kappa shape index (κ1) is 27.8. The van der Waals surface area contributed by atoms with Crippen molar-refractivity contribution in [3.8, 4) is 28.4 Å². The summed E-state index contributed by atoms with van der Waals surface area (Å²) in [5.41, 5.74) is 4.22. The highest BCUT2D eigenvalue weighted by atomic mass is 17.1. The second-order valence-corrected chi connectivity index (χ2v) is 8.28. The quantitative estimate of drug-likeness (QED) is 0.119. The molecule has 4 aromatic carbocycles. The number of hydrogen-bond donors (Lipinski definition) is 2. The second kappa shape index (κ2) is 13.0. The van der Waals surface area contributed by atoms with Crippen LogP contribution in [0.4, 0.5) is 0 Å². The zero-order valence-corrected chi connectivity index (χ0v) is 20.8. The summed E-state index contributed by atoms with van der Waals surface area (Å²) in [7, 11) is 0. The summed E-state index contributed by atoms with van der Waals surface area (Å²) >= 11 is 0. The summed E-state index contributed by atoms with van der Waals surface area (Å²) in [6, 6.07) is 24.6. The van der Waals surface area contributed by atoms with E-state index in [9.17, 15) is 14.7 Å². The zero-order chi connectivity index (χ0) is 27.7. The zero-order valence-electron chi connectivity index (χ0n) is 20.8. The normalized spacial score (nSPS) is 10.2. The maximum Gasteiger partial charge on any atom is 0.344 e. The fourth-order valence-corrected chi connectivity index (χ4v) is 3.68. The third-order valence-electron chi connectivity index (χ3n) is 5.55. The van der Waals surface area contributed by atoms with E-state index in [2.05, 4.69) is 4.89 Å². The van der Waals surface area contributed by atoms with Crippen molar-refractivity contribution >= 4 is 18.7 Å². The van der Waals surface area contributed by atoms with Crippen LogP contribution in [0, 0.1) is 13.8 Å². The van der Waals surface area contributed by atoms with Crippen LogP contribution < -0.4 is 9.47 Å². The Morgan fingerprint density at radius 2 is 1.29 bits per heavy atom. The first-order valence-electron chi connectivity index (χ1n) is 11.4. The summed E-state index contributed by atoms with van der Waals surface area (Å²) in [5.74, 6) is -0.388. The van der Waals surface area contributed by atoms with E-state index in [0.29, 0.717) is 17.2 Å². The Labute approximate surface area is 219 Å². The number of esters is 1. The van der Waals surface area contributed by atoms with Crippen LogP contribution in [0.3, 0.4) is 0 Å². The Bertz CT molecular complexity index is 1410. The van der Waals surface area contributed by atoms with E-state index in [4.69, 9.17) is 19.5 Å². The van der Waals surface area contributed by atoms with Gasteiger partial charge in [0, 0.05) is 5.56 Å². The molecular weight excluding hydrogens is 488 g/mol. The molecule has 8 nitrogen and oxygen atoms in total. The van der Waals surface area contributed by atoms with Crippen molar-refractivity contribution in [2.75, 3.05) is 0 Å². The van der Waals surface area contributed by atoms with Crippen LogP contribution in [0.15, 0.2) is 84.9 Å². The molecule has 0 radical (unpaired) electrons. The smallest absolute Gasteiger partial charge is 0.344 e. The van der Waals surface area contributed by atoms with E-state index in [1.165, 1.54) is 12.1 Å². The average Bonchev–Trinajstić information content (AvgIpc) is 2.92. The van der Waals surface area contributed by atoms with Crippen LogP contribution >= 0.6 is 0 Å². The van der Waals surface area contributed by atoms with E-state index >= 15 is 0 Å². The fourth-order valence-electron chi connectivity index (χ4n) is 3.68. The summed E-state index contributed by atoms with van der Waals surface area (Å²) < 4.78 is 11.4. The Morgan fingerprint density at radius 1 is 0.737 bits per heavy atom. The Morgan fingerprint density at radius 3 is 1.87 bits per heavy atom. The molecule has 0 fully saturated rings. The van der Waals surface area contributed by atoms with Gasteiger partial charge in [-0.15, -0.1) is 0 Å². The Kier molecular flexibility index (Phi) is 9.48. The number of hydrogen-bond acceptors (Lipinski definition) is 7. The molecule has 0 aromatic heterocycles. The number of carboxylic acids is 1. The molecule has 0 aliphatic rings. The van der Waals surface area contributed by atoms with Crippen LogP contribution in [0.25, 0.3) is 11.1 Å². The molecule has 194 valence electrons. The SMILES string of the molecule is C=O.Cc1ccc(COO)c(Oc2ccc(-c3ccc(OC(=O)c4cc(C)ccc4C(=O)O)cc3)cc2)c1.